The van der Waals surface area contributed by atoms with Gasteiger partial charge in [0.1, 0.15) is 5.00 Å². The van der Waals surface area contributed by atoms with Crippen molar-refractivity contribution >= 4 is 39.8 Å². The maximum absolute atomic E-state index is 12.9. The molecule has 2 aromatic heterocycles. The van der Waals surface area contributed by atoms with Crippen molar-refractivity contribution in [2.45, 2.75) is 20.8 Å². The van der Waals surface area contributed by atoms with Gasteiger partial charge in [-0.15, -0.1) is 11.3 Å². The van der Waals surface area contributed by atoms with Gasteiger partial charge < -0.3 is 19.8 Å². The molecule has 0 saturated carbocycles. The Balaban J connectivity index is 1.95. The molecule has 8 heteroatoms. The van der Waals surface area contributed by atoms with Crippen LogP contribution in [0.2, 0.25) is 0 Å². The lowest BCUT2D eigenvalue weighted by Crippen LogP contribution is -2.15. The molecule has 0 unspecified atom stereocenters. The van der Waals surface area contributed by atoms with Crippen LogP contribution in [0.5, 0.6) is 0 Å². The lowest BCUT2D eigenvalue weighted by atomic mass is 10.1. The third-order valence-corrected chi connectivity index (χ3v) is 5.40. The van der Waals surface area contributed by atoms with E-state index in [0.717, 1.165) is 16.9 Å². The lowest BCUT2D eigenvalue weighted by Gasteiger charge is -2.07. The predicted octanol–water partition coefficient (Wildman–Crippen LogP) is 4.64. The number of carbonyl (C=O) groups excluding carboxylic acids is 3. The number of para-hydroxylation sites is 1. The number of esters is 1. The van der Waals surface area contributed by atoms with Gasteiger partial charge in [-0.2, -0.15) is 0 Å². The molecule has 0 spiro atoms. The molecular weight excluding hydrogens is 392 g/mol. The summed E-state index contributed by atoms with van der Waals surface area (Å²) >= 11 is 1.01. The molecule has 0 bridgehead atoms. The van der Waals surface area contributed by atoms with Crippen molar-refractivity contribution < 1.29 is 23.5 Å². The van der Waals surface area contributed by atoms with Gasteiger partial charge in [-0.3, -0.25) is 9.59 Å². The minimum absolute atomic E-state index is 0.0942. The van der Waals surface area contributed by atoms with Gasteiger partial charge in [0.15, 0.2) is 5.76 Å². The summed E-state index contributed by atoms with van der Waals surface area (Å²) in [4.78, 5) is 38.0. The van der Waals surface area contributed by atoms with Crippen molar-refractivity contribution in [2.75, 3.05) is 17.2 Å². The second-order valence-corrected chi connectivity index (χ2v) is 7.20. The zero-order valence-electron chi connectivity index (χ0n) is 16.2. The highest BCUT2D eigenvalue weighted by molar-refractivity contribution is 7.19. The molecule has 0 saturated heterocycles. The Bertz CT molecular complexity index is 1050. The Morgan fingerprint density at radius 1 is 1.03 bits per heavy atom. The average molecular weight is 412 g/mol. The molecular formula is C21H20N2O5S. The minimum Gasteiger partial charge on any atom is -0.462 e. The summed E-state index contributed by atoms with van der Waals surface area (Å²) in [5, 5.41) is 5.73. The molecule has 0 atom stereocenters. The van der Waals surface area contributed by atoms with Gasteiger partial charge in [0, 0.05) is 5.69 Å². The molecule has 0 aliphatic rings. The van der Waals surface area contributed by atoms with Crippen molar-refractivity contribution in [3.05, 3.63) is 70.0 Å². The highest BCUT2D eigenvalue weighted by Gasteiger charge is 2.27. The van der Waals surface area contributed by atoms with Crippen LogP contribution in [0.4, 0.5) is 10.7 Å². The van der Waals surface area contributed by atoms with Gasteiger partial charge in [0.25, 0.3) is 11.8 Å². The third kappa shape index (κ3) is 4.38. The van der Waals surface area contributed by atoms with E-state index in [4.69, 9.17) is 9.15 Å². The summed E-state index contributed by atoms with van der Waals surface area (Å²) in [5.41, 5.74) is 2.18. The number of rotatable bonds is 6. The molecule has 2 amide bonds. The van der Waals surface area contributed by atoms with Gasteiger partial charge in [0.05, 0.1) is 23.3 Å². The van der Waals surface area contributed by atoms with E-state index in [9.17, 15) is 14.4 Å². The van der Waals surface area contributed by atoms with Gasteiger partial charge in [-0.05, 0) is 50.1 Å². The standard InChI is InChI=1S/C21H20N2O5S/c1-4-27-21(26)16-13(3)17(19(25)22-14-9-6-5-8-12(14)2)29-20(16)23-18(24)15-10-7-11-28-15/h5-11H,4H2,1-3H3,(H,22,25)(H,23,24). The monoisotopic (exact) mass is 412 g/mol. The molecule has 0 aliphatic heterocycles. The summed E-state index contributed by atoms with van der Waals surface area (Å²) in [6.07, 6.45) is 1.38. The Labute approximate surface area is 171 Å². The number of aryl methyl sites for hydroxylation is 1. The van der Waals surface area contributed by atoms with Gasteiger partial charge in [0.2, 0.25) is 0 Å². The highest BCUT2D eigenvalue weighted by atomic mass is 32.1. The molecule has 2 heterocycles. The fourth-order valence-corrected chi connectivity index (χ4v) is 3.82. The molecule has 0 radical (unpaired) electrons. The molecule has 3 rings (SSSR count). The first kappa shape index (κ1) is 20.3. The second-order valence-electron chi connectivity index (χ2n) is 6.18. The quantitative estimate of drug-likeness (QED) is 0.575. The third-order valence-electron chi connectivity index (χ3n) is 4.20. The summed E-state index contributed by atoms with van der Waals surface area (Å²) in [6, 6.07) is 10.5. The number of ether oxygens (including phenoxy) is 1. The average Bonchev–Trinajstić information content (AvgIpc) is 3.32. The number of anilines is 2. The summed E-state index contributed by atoms with van der Waals surface area (Å²) < 4.78 is 10.2. The van der Waals surface area contributed by atoms with E-state index in [1.807, 2.05) is 25.1 Å². The molecule has 150 valence electrons. The number of hydrogen-bond donors (Lipinski definition) is 2. The first-order valence-corrected chi connectivity index (χ1v) is 9.76. The van der Waals surface area contributed by atoms with Gasteiger partial charge >= 0.3 is 5.97 Å². The van der Waals surface area contributed by atoms with Crippen molar-refractivity contribution in [1.29, 1.82) is 0 Å². The van der Waals surface area contributed by atoms with Crippen LogP contribution < -0.4 is 10.6 Å². The number of amides is 2. The minimum atomic E-state index is -0.606. The van der Waals surface area contributed by atoms with Crippen LogP contribution in [-0.4, -0.2) is 24.4 Å². The number of furan rings is 1. The number of nitrogens with one attached hydrogen (secondary N) is 2. The Morgan fingerprint density at radius 2 is 1.79 bits per heavy atom. The van der Waals surface area contributed by atoms with Crippen LogP contribution >= 0.6 is 11.3 Å². The fourth-order valence-electron chi connectivity index (χ4n) is 2.73. The van der Waals surface area contributed by atoms with Crippen LogP contribution in [0.1, 0.15) is 48.6 Å². The number of carbonyl (C=O) groups is 3. The largest absolute Gasteiger partial charge is 0.462 e. The maximum Gasteiger partial charge on any atom is 0.341 e. The van der Waals surface area contributed by atoms with E-state index in [1.165, 1.54) is 12.3 Å². The molecule has 0 fully saturated rings. The zero-order chi connectivity index (χ0) is 21.0. The van der Waals surface area contributed by atoms with E-state index < -0.39 is 11.9 Å². The second kappa shape index (κ2) is 8.74. The number of hydrogen-bond acceptors (Lipinski definition) is 6. The first-order valence-electron chi connectivity index (χ1n) is 8.94. The van der Waals surface area contributed by atoms with Gasteiger partial charge in [-0.1, -0.05) is 18.2 Å². The van der Waals surface area contributed by atoms with E-state index in [1.54, 1.807) is 26.0 Å². The lowest BCUT2D eigenvalue weighted by molar-refractivity contribution is 0.0527. The van der Waals surface area contributed by atoms with E-state index >= 15 is 0 Å². The number of benzene rings is 1. The van der Waals surface area contributed by atoms with Crippen molar-refractivity contribution in [1.82, 2.24) is 0 Å². The molecule has 29 heavy (non-hydrogen) atoms. The van der Waals surface area contributed by atoms with Crippen LogP contribution in [0.25, 0.3) is 0 Å². The molecule has 3 aromatic rings. The maximum atomic E-state index is 12.9. The predicted molar refractivity (Wildman–Crippen MR) is 111 cm³/mol. The van der Waals surface area contributed by atoms with Gasteiger partial charge in [-0.25, -0.2) is 4.79 Å². The summed E-state index contributed by atoms with van der Waals surface area (Å²) in [6.45, 7) is 5.39. The van der Waals surface area contributed by atoms with Crippen molar-refractivity contribution in [3.63, 3.8) is 0 Å². The van der Waals surface area contributed by atoms with Crippen LogP contribution in [-0.2, 0) is 4.74 Å². The molecule has 0 aliphatic carbocycles. The molecule has 2 N–H and O–H groups in total. The fraction of sp³-hybridized carbons (Fsp3) is 0.190. The SMILES string of the molecule is CCOC(=O)c1c(NC(=O)c2ccco2)sc(C(=O)Nc2ccccc2C)c1C. The highest BCUT2D eigenvalue weighted by Crippen LogP contribution is 2.35. The normalized spacial score (nSPS) is 10.4. The van der Waals surface area contributed by atoms with E-state index in [2.05, 4.69) is 10.6 Å². The topological polar surface area (TPSA) is 97.6 Å². The zero-order valence-corrected chi connectivity index (χ0v) is 17.0. The van der Waals surface area contributed by atoms with Crippen molar-refractivity contribution in [3.8, 4) is 0 Å². The van der Waals surface area contributed by atoms with Crippen LogP contribution in [0, 0.1) is 13.8 Å². The summed E-state index contributed by atoms with van der Waals surface area (Å²) in [5.74, 6) is -1.40. The van der Waals surface area contributed by atoms with Crippen LogP contribution in [0.3, 0.4) is 0 Å². The van der Waals surface area contributed by atoms with E-state index in [0.29, 0.717) is 16.1 Å². The Morgan fingerprint density at radius 3 is 2.45 bits per heavy atom. The van der Waals surface area contributed by atoms with Crippen LogP contribution in [0.15, 0.2) is 47.1 Å². The van der Waals surface area contributed by atoms with E-state index in [-0.39, 0.29) is 28.8 Å². The Hall–Kier alpha value is -3.39. The van der Waals surface area contributed by atoms with Crippen molar-refractivity contribution in [2.24, 2.45) is 0 Å². The Kier molecular flexibility index (Phi) is 6.13. The molecule has 7 nitrogen and oxygen atoms in total. The smallest absolute Gasteiger partial charge is 0.341 e. The first-order chi connectivity index (χ1) is 13.9. The molecule has 1 aromatic carbocycles. The summed E-state index contributed by atoms with van der Waals surface area (Å²) in [7, 11) is 0. The number of thiophene rings is 1.